The molecule has 0 fully saturated rings. The van der Waals surface area contributed by atoms with Crippen molar-refractivity contribution in [3.8, 4) is 5.75 Å². The van der Waals surface area contributed by atoms with E-state index in [0.29, 0.717) is 34.0 Å². The summed E-state index contributed by atoms with van der Waals surface area (Å²) in [6, 6.07) is 19.6. The van der Waals surface area contributed by atoms with Crippen LogP contribution < -0.4 is 10.1 Å². The van der Waals surface area contributed by atoms with E-state index in [9.17, 15) is 0 Å². The average molecular weight is 421 g/mol. The molecule has 0 heterocycles. The van der Waals surface area contributed by atoms with Crippen LogP contribution in [0.2, 0.25) is 15.1 Å². The lowest BCUT2D eigenvalue weighted by Gasteiger charge is -2.13. The van der Waals surface area contributed by atoms with Gasteiger partial charge in [0.15, 0.2) is 5.75 Å². The van der Waals surface area contributed by atoms with Crippen LogP contribution in [0.1, 0.15) is 23.6 Å². The molecule has 1 N–H and O–H groups in total. The van der Waals surface area contributed by atoms with E-state index >= 15 is 0 Å². The lowest BCUT2D eigenvalue weighted by Crippen LogP contribution is -2.01. The van der Waals surface area contributed by atoms with E-state index in [0.717, 1.165) is 23.2 Å². The molecule has 0 unspecified atom stereocenters. The minimum absolute atomic E-state index is 0.349. The van der Waals surface area contributed by atoms with Crippen molar-refractivity contribution in [2.24, 2.45) is 0 Å². The number of hydrogen-bond acceptors (Lipinski definition) is 2. The van der Waals surface area contributed by atoms with Crippen molar-refractivity contribution in [3.63, 3.8) is 0 Å². The Balaban J connectivity index is 1.64. The third-order valence-corrected chi connectivity index (χ3v) is 4.99. The van der Waals surface area contributed by atoms with Crippen molar-refractivity contribution >= 4 is 40.5 Å². The summed E-state index contributed by atoms with van der Waals surface area (Å²) >= 11 is 18.8. The highest BCUT2D eigenvalue weighted by Gasteiger charge is 2.10. The van der Waals surface area contributed by atoms with Gasteiger partial charge in [0.1, 0.15) is 6.61 Å². The van der Waals surface area contributed by atoms with Crippen LogP contribution in [0.5, 0.6) is 5.75 Å². The van der Waals surface area contributed by atoms with Crippen LogP contribution in [0.3, 0.4) is 0 Å². The van der Waals surface area contributed by atoms with E-state index in [2.05, 4.69) is 36.5 Å². The predicted octanol–water partition coefficient (Wildman–Crippen LogP) is 7.40. The molecule has 2 nitrogen and oxygen atoms in total. The van der Waals surface area contributed by atoms with E-state index in [-0.39, 0.29) is 0 Å². The Bertz CT molecular complexity index is 887. The second-order valence-electron chi connectivity index (χ2n) is 6.21. The summed E-state index contributed by atoms with van der Waals surface area (Å²) < 4.78 is 5.81. The summed E-state index contributed by atoms with van der Waals surface area (Å²) in [6.07, 6.45) is 1.03. The Hall–Kier alpha value is -1.87. The first-order valence-electron chi connectivity index (χ1n) is 8.73. The van der Waals surface area contributed by atoms with Crippen LogP contribution in [-0.4, -0.2) is 0 Å². The molecule has 0 spiro atoms. The first-order chi connectivity index (χ1) is 13.0. The fourth-order valence-corrected chi connectivity index (χ4v) is 3.55. The first kappa shape index (κ1) is 19.9. The van der Waals surface area contributed by atoms with Gasteiger partial charge < -0.3 is 10.1 Å². The Morgan fingerprint density at radius 2 is 1.52 bits per heavy atom. The molecule has 140 valence electrons. The van der Waals surface area contributed by atoms with Crippen LogP contribution in [0.15, 0.2) is 60.7 Å². The lowest BCUT2D eigenvalue weighted by molar-refractivity contribution is 0.306. The molecule has 0 atom stereocenters. The minimum Gasteiger partial charge on any atom is -0.486 e. The van der Waals surface area contributed by atoms with Gasteiger partial charge in [-0.3, -0.25) is 0 Å². The van der Waals surface area contributed by atoms with Gasteiger partial charge in [-0.05, 0) is 59.5 Å². The fourth-order valence-electron chi connectivity index (χ4n) is 2.70. The molecule has 0 radical (unpaired) electrons. The summed E-state index contributed by atoms with van der Waals surface area (Å²) in [7, 11) is 0. The summed E-state index contributed by atoms with van der Waals surface area (Å²) in [4.78, 5) is 0. The molecular formula is C22H20Cl3NO. The molecule has 0 saturated carbocycles. The number of halogens is 3. The molecule has 0 aliphatic rings. The first-order valence-corrected chi connectivity index (χ1v) is 9.86. The lowest BCUT2D eigenvalue weighted by atomic mass is 10.1. The molecule has 5 heteroatoms. The normalized spacial score (nSPS) is 10.7. The fraction of sp³-hybridized carbons (Fsp3) is 0.182. The van der Waals surface area contributed by atoms with Crippen molar-refractivity contribution in [1.29, 1.82) is 0 Å². The Morgan fingerprint density at radius 1 is 0.815 bits per heavy atom. The maximum atomic E-state index is 6.39. The van der Waals surface area contributed by atoms with E-state index < -0.39 is 0 Å². The smallest absolute Gasteiger partial charge is 0.156 e. The number of rotatable bonds is 7. The molecule has 0 aromatic heterocycles. The van der Waals surface area contributed by atoms with Crippen LogP contribution in [-0.2, 0) is 19.6 Å². The van der Waals surface area contributed by atoms with Crippen molar-refractivity contribution in [2.45, 2.75) is 26.5 Å². The zero-order valence-corrected chi connectivity index (χ0v) is 17.2. The predicted molar refractivity (Wildman–Crippen MR) is 115 cm³/mol. The quantitative estimate of drug-likeness (QED) is 0.430. The second kappa shape index (κ2) is 9.36. The molecule has 3 rings (SSSR count). The SMILES string of the molecule is CCc1ccc(NCc2cc(Cl)c(OCc3cccc(Cl)c3)c(Cl)c2)cc1. The molecule has 0 aliphatic carbocycles. The zero-order valence-electron chi connectivity index (χ0n) is 14.9. The molecule has 0 saturated heterocycles. The number of benzene rings is 3. The van der Waals surface area contributed by atoms with Gasteiger partial charge in [-0.25, -0.2) is 0 Å². The number of hydrogen-bond donors (Lipinski definition) is 1. The molecule has 27 heavy (non-hydrogen) atoms. The van der Waals surface area contributed by atoms with Crippen LogP contribution in [0.4, 0.5) is 5.69 Å². The number of aryl methyl sites for hydroxylation is 1. The standard InChI is InChI=1S/C22H20Cl3NO/c1-2-15-6-8-19(9-7-15)26-13-17-11-20(24)22(21(25)12-17)27-14-16-4-3-5-18(23)10-16/h3-12,26H,2,13-14H2,1H3. The highest BCUT2D eigenvalue weighted by atomic mass is 35.5. The average Bonchev–Trinajstić information content (AvgIpc) is 2.66. The molecular weight excluding hydrogens is 401 g/mol. The van der Waals surface area contributed by atoms with Crippen molar-refractivity contribution in [3.05, 3.63) is 92.4 Å². The van der Waals surface area contributed by atoms with Crippen molar-refractivity contribution < 1.29 is 4.74 Å². The van der Waals surface area contributed by atoms with Gasteiger partial charge in [0.25, 0.3) is 0 Å². The van der Waals surface area contributed by atoms with Gasteiger partial charge in [-0.15, -0.1) is 0 Å². The van der Waals surface area contributed by atoms with Crippen LogP contribution in [0.25, 0.3) is 0 Å². The van der Waals surface area contributed by atoms with Gasteiger partial charge in [0, 0.05) is 17.3 Å². The minimum atomic E-state index is 0.349. The van der Waals surface area contributed by atoms with E-state index in [1.165, 1.54) is 5.56 Å². The number of ether oxygens (including phenoxy) is 1. The maximum absolute atomic E-state index is 6.39. The Kier molecular flexibility index (Phi) is 6.89. The number of anilines is 1. The number of nitrogens with one attached hydrogen (secondary N) is 1. The van der Waals surface area contributed by atoms with Gasteiger partial charge in [-0.2, -0.15) is 0 Å². The van der Waals surface area contributed by atoms with Crippen molar-refractivity contribution in [2.75, 3.05) is 5.32 Å². The Morgan fingerprint density at radius 3 is 2.15 bits per heavy atom. The topological polar surface area (TPSA) is 21.3 Å². The third-order valence-electron chi connectivity index (χ3n) is 4.19. The molecule has 0 bridgehead atoms. The van der Waals surface area contributed by atoms with Gasteiger partial charge in [-0.1, -0.05) is 66.0 Å². The highest BCUT2D eigenvalue weighted by Crippen LogP contribution is 2.35. The second-order valence-corrected chi connectivity index (χ2v) is 7.46. The Labute approximate surface area is 175 Å². The molecule has 0 aliphatic heterocycles. The molecule has 0 amide bonds. The van der Waals surface area contributed by atoms with E-state index in [4.69, 9.17) is 39.5 Å². The van der Waals surface area contributed by atoms with Crippen LogP contribution in [0, 0.1) is 0 Å². The monoisotopic (exact) mass is 419 g/mol. The molecule has 3 aromatic carbocycles. The highest BCUT2D eigenvalue weighted by molar-refractivity contribution is 6.37. The van der Waals surface area contributed by atoms with Gasteiger partial charge in [0.05, 0.1) is 10.0 Å². The van der Waals surface area contributed by atoms with E-state index in [1.54, 1.807) is 0 Å². The summed E-state index contributed by atoms with van der Waals surface area (Å²) in [5.41, 5.74) is 4.31. The summed E-state index contributed by atoms with van der Waals surface area (Å²) in [5.74, 6) is 0.481. The van der Waals surface area contributed by atoms with E-state index in [1.807, 2.05) is 36.4 Å². The van der Waals surface area contributed by atoms with Crippen LogP contribution >= 0.6 is 34.8 Å². The summed E-state index contributed by atoms with van der Waals surface area (Å²) in [6.45, 7) is 3.11. The van der Waals surface area contributed by atoms with Crippen molar-refractivity contribution in [1.82, 2.24) is 0 Å². The third kappa shape index (κ3) is 5.55. The summed E-state index contributed by atoms with van der Waals surface area (Å²) in [5, 5.41) is 5.02. The van der Waals surface area contributed by atoms with Gasteiger partial charge >= 0.3 is 0 Å². The molecule has 3 aromatic rings. The van der Waals surface area contributed by atoms with Gasteiger partial charge in [0.2, 0.25) is 0 Å². The maximum Gasteiger partial charge on any atom is 0.156 e. The largest absolute Gasteiger partial charge is 0.486 e. The zero-order chi connectivity index (χ0) is 19.2.